The molecular weight excluding hydrogens is 298 g/mol. The molecule has 0 radical (unpaired) electrons. The van der Waals surface area contributed by atoms with Crippen molar-refractivity contribution in [1.29, 1.82) is 0 Å². The summed E-state index contributed by atoms with van der Waals surface area (Å²) in [6.45, 7) is 3.13. The van der Waals surface area contributed by atoms with E-state index in [-0.39, 0.29) is 0 Å². The Morgan fingerprint density at radius 1 is 1.18 bits per heavy atom. The lowest BCUT2D eigenvalue weighted by molar-refractivity contribution is 0.119. The van der Waals surface area contributed by atoms with Gasteiger partial charge in [0.05, 0.1) is 13.7 Å². The Labute approximate surface area is 137 Å². The van der Waals surface area contributed by atoms with Gasteiger partial charge in [-0.05, 0) is 30.4 Å². The highest BCUT2D eigenvalue weighted by Gasteiger charge is 1.97. The molecule has 0 aromatic heterocycles. The fraction of sp³-hybridized carbons (Fsp3) is 0.562. The Morgan fingerprint density at radius 3 is 2.55 bits per heavy atom. The van der Waals surface area contributed by atoms with Crippen LogP contribution in [0.25, 0.3) is 0 Å². The average molecular weight is 325 g/mol. The van der Waals surface area contributed by atoms with E-state index in [4.69, 9.17) is 9.47 Å². The predicted molar refractivity (Wildman–Crippen MR) is 95.0 cm³/mol. The van der Waals surface area contributed by atoms with E-state index in [1.165, 1.54) is 0 Å². The zero-order valence-corrected chi connectivity index (χ0v) is 14.5. The molecule has 0 heterocycles. The molecular formula is C16H27N3O2S. The van der Waals surface area contributed by atoms with Crippen molar-refractivity contribution in [3.8, 4) is 5.75 Å². The van der Waals surface area contributed by atoms with Gasteiger partial charge in [0.25, 0.3) is 0 Å². The van der Waals surface area contributed by atoms with Crippen LogP contribution >= 0.6 is 11.8 Å². The smallest absolute Gasteiger partial charge is 0.191 e. The number of hydrogen-bond donors (Lipinski definition) is 2. The molecule has 0 unspecified atom stereocenters. The Hall–Kier alpha value is -1.40. The second kappa shape index (κ2) is 12.2. The lowest BCUT2D eigenvalue weighted by atomic mass is 10.2. The van der Waals surface area contributed by atoms with Crippen molar-refractivity contribution in [1.82, 2.24) is 10.6 Å². The minimum absolute atomic E-state index is 0.630. The lowest BCUT2D eigenvalue weighted by Crippen LogP contribution is -2.39. The van der Waals surface area contributed by atoms with Gasteiger partial charge in [0.2, 0.25) is 0 Å². The zero-order chi connectivity index (χ0) is 16.0. The number of thioether (sulfide) groups is 1. The van der Waals surface area contributed by atoms with E-state index >= 15 is 0 Å². The van der Waals surface area contributed by atoms with Gasteiger partial charge in [0, 0.05) is 32.5 Å². The van der Waals surface area contributed by atoms with Gasteiger partial charge in [-0.2, -0.15) is 11.8 Å². The largest absolute Gasteiger partial charge is 0.497 e. The Bertz CT molecular complexity index is 424. The molecule has 2 N–H and O–H groups in total. The van der Waals surface area contributed by atoms with Crippen molar-refractivity contribution in [2.75, 3.05) is 45.9 Å². The SMILES string of the molecule is CN=C(NCCCOCc1ccc(OC)cc1)NCCSC. The van der Waals surface area contributed by atoms with E-state index in [0.29, 0.717) is 6.61 Å². The van der Waals surface area contributed by atoms with Gasteiger partial charge < -0.3 is 20.1 Å². The number of guanidine groups is 1. The number of aliphatic imine (C=N–C) groups is 1. The van der Waals surface area contributed by atoms with Crippen molar-refractivity contribution >= 4 is 17.7 Å². The average Bonchev–Trinajstić information content (AvgIpc) is 2.57. The Kier molecular flexibility index (Phi) is 10.3. The quantitative estimate of drug-likeness (QED) is 0.392. The topological polar surface area (TPSA) is 54.9 Å². The third-order valence-corrected chi connectivity index (χ3v) is 3.62. The first-order valence-electron chi connectivity index (χ1n) is 7.44. The molecule has 124 valence electrons. The van der Waals surface area contributed by atoms with E-state index in [2.05, 4.69) is 21.9 Å². The summed E-state index contributed by atoms with van der Waals surface area (Å²) < 4.78 is 10.8. The van der Waals surface area contributed by atoms with Crippen molar-refractivity contribution in [3.63, 3.8) is 0 Å². The minimum Gasteiger partial charge on any atom is -0.497 e. The first-order chi connectivity index (χ1) is 10.8. The molecule has 1 rings (SSSR count). The third kappa shape index (κ3) is 8.14. The van der Waals surface area contributed by atoms with Gasteiger partial charge >= 0.3 is 0 Å². The maximum atomic E-state index is 5.66. The Balaban J connectivity index is 2.06. The summed E-state index contributed by atoms with van der Waals surface area (Å²) in [5.74, 6) is 2.79. The van der Waals surface area contributed by atoms with Crippen molar-refractivity contribution in [2.24, 2.45) is 4.99 Å². The molecule has 0 saturated carbocycles. The maximum absolute atomic E-state index is 5.66. The van der Waals surface area contributed by atoms with E-state index in [1.807, 2.05) is 36.0 Å². The zero-order valence-electron chi connectivity index (χ0n) is 13.7. The third-order valence-electron chi connectivity index (χ3n) is 3.01. The standard InChI is InChI=1S/C16H27N3O2S/c1-17-16(19-10-12-22-3)18-9-4-11-21-13-14-5-7-15(20-2)8-6-14/h5-8H,4,9-13H2,1-3H3,(H2,17,18,19). The highest BCUT2D eigenvalue weighted by atomic mass is 32.2. The highest BCUT2D eigenvalue weighted by molar-refractivity contribution is 7.98. The lowest BCUT2D eigenvalue weighted by Gasteiger charge is -2.11. The number of benzene rings is 1. The van der Waals surface area contributed by atoms with Gasteiger partial charge in [-0.1, -0.05) is 12.1 Å². The second-order valence-electron chi connectivity index (χ2n) is 4.67. The van der Waals surface area contributed by atoms with Crippen LogP contribution in [0.2, 0.25) is 0 Å². The van der Waals surface area contributed by atoms with Crippen LogP contribution in [0.1, 0.15) is 12.0 Å². The van der Waals surface area contributed by atoms with Gasteiger partial charge in [0.15, 0.2) is 5.96 Å². The van der Waals surface area contributed by atoms with Gasteiger partial charge in [0.1, 0.15) is 5.75 Å². The molecule has 0 atom stereocenters. The summed E-state index contributed by atoms with van der Waals surface area (Å²) >= 11 is 1.82. The molecule has 22 heavy (non-hydrogen) atoms. The first kappa shape index (κ1) is 18.6. The van der Waals surface area contributed by atoms with Crippen LogP contribution in [0.15, 0.2) is 29.3 Å². The summed E-state index contributed by atoms with van der Waals surface area (Å²) in [7, 11) is 3.46. The van der Waals surface area contributed by atoms with Crippen LogP contribution in [0.5, 0.6) is 5.75 Å². The summed E-state index contributed by atoms with van der Waals surface area (Å²) in [5.41, 5.74) is 1.16. The summed E-state index contributed by atoms with van der Waals surface area (Å²) in [4.78, 5) is 4.17. The normalized spacial score (nSPS) is 11.3. The fourth-order valence-electron chi connectivity index (χ4n) is 1.78. The van der Waals surface area contributed by atoms with Crippen LogP contribution in [0.4, 0.5) is 0 Å². The molecule has 0 fully saturated rings. The van der Waals surface area contributed by atoms with Crippen LogP contribution in [-0.4, -0.2) is 51.8 Å². The molecule has 0 saturated heterocycles. The number of nitrogens with one attached hydrogen (secondary N) is 2. The Morgan fingerprint density at radius 2 is 1.91 bits per heavy atom. The molecule has 6 heteroatoms. The molecule has 1 aromatic rings. The molecule has 0 aliphatic heterocycles. The van der Waals surface area contributed by atoms with E-state index in [1.54, 1.807) is 14.2 Å². The summed E-state index contributed by atoms with van der Waals surface area (Å²) in [5, 5.41) is 6.54. The van der Waals surface area contributed by atoms with Crippen molar-refractivity contribution in [3.05, 3.63) is 29.8 Å². The number of nitrogens with zero attached hydrogens (tertiary/aromatic N) is 1. The molecule has 0 spiro atoms. The van der Waals surface area contributed by atoms with Crippen LogP contribution in [0, 0.1) is 0 Å². The van der Waals surface area contributed by atoms with Gasteiger partial charge in [-0.3, -0.25) is 4.99 Å². The molecule has 1 aromatic carbocycles. The van der Waals surface area contributed by atoms with E-state index in [0.717, 1.165) is 49.1 Å². The van der Waals surface area contributed by atoms with Gasteiger partial charge in [-0.15, -0.1) is 0 Å². The van der Waals surface area contributed by atoms with Crippen LogP contribution < -0.4 is 15.4 Å². The van der Waals surface area contributed by atoms with E-state index in [9.17, 15) is 0 Å². The minimum atomic E-state index is 0.630. The molecule has 5 nitrogen and oxygen atoms in total. The number of rotatable bonds is 10. The first-order valence-corrected chi connectivity index (χ1v) is 8.83. The highest BCUT2D eigenvalue weighted by Crippen LogP contribution is 2.11. The predicted octanol–water partition coefficient (Wildman–Crippen LogP) is 2.13. The monoisotopic (exact) mass is 325 g/mol. The maximum Gasteiger partial charge on any atom is 0.191 e. The van der Waals surface area contributed by atoms with Crippen LogP contribution in [0.3, 0.4) is 0 Å². The second-order valence-corrected chi connectivity index (χ2v) is 5.66. The van der Waals surface area contributed by atoms with Gasteiger partial charge in [-0.25, -0.2) is 0 Å². The summed E-state index contributed by atoms with van der Waals surface area (Å²) in [6.07, 6.45) is 3.04. The van der Waals surface area contributed by atoms with Crippen molar-refractivity contribution < 1.29 is 9.47 Å². The number of methoxy groups -OCH3 is 1. The fourth-order valence-corrected chi connectivity index (χ4v) is 2.09. The molecule has 0 amide bonds. The number of hydrogen-bond acceptors (Lipinski definition) is 4. The summed E-state index contributed by atoms with van der Waals surface area (Å²) in [6, 6.07) is 7.94. The van der Waals surface area contributed by atoms with E-state index < -0.39 is 0 Å². The molecule has 0 aliphatic carbocycles. The van der Waals surface area contributed by atoms with Crippen molar-refractivity contribution in [2.45, 2.75) is 13.0 Å². The molecule has 0 bridgehead atoms. The molecule has 0 aliphatic rings. The van der Waals surface area contributed by atoms with Crippen LogP contribution in [-0.2, 0) is 11.3 Å². The number of ether oxygens (including phenoxy) is 2.